The number of phenols is 1. The quantitative estimate of drug-likeness (QED) is 0.840. The maximum absolute atomic E-state index is 12.3. The molecule has 5 nitrogen and oxygen atoms in total. The average molecular weight is 314 g/mol. The number of carboxylic acids is 1. The van der Waals surface area contributed by atoms with Gasteiger partial charge in [0.2, 0.25) is 0 Å². The molecule has 0 amide bonds. The van der Waals surface area contributed by atoms with E-state index < -0.39 is 11.4 Å². The summed E-state index contributed by atoms with van der Waals surface area (Å²) in [5, 5.41) is 20.6. The minimum Gasteiger partial charge on any atom is -0.504 e. The van der Waals surface area contributed by atoms with Crippen LogP contribution < -0.4 is 0 Å². The van der Waals surface area contributed by atoms with Crippen molar-refractivity contribution in [2.45, 2.75) is 45.4 Å². The Labute approximate surface area is 132 Å². The summed E-state index contributed by atoms with van der Waals surface area (Å²) in [7, 11) is 0. The van der Waals surface area contributed by atoms with Gasteiger partial charge in [0, 0.05) is 28.7 Å². The number of phenolic OH excluding ortho intramolecular Hbond substituents is 1. The van der Waals surface area contributed by atoms with Crippen LogP contribution in [0.1, 0.15) is 59.2 Å². The van der Waals surface area contributed by atoms with Crippen molar-refractivity contribution in [3.05, 3.63) is 28.5 Å². The van der Waals surface area contributed by atoms with Gasteiger partial charge in [-0.05, 0) is 37.3 Å². The van der Waals surface area contributed by atoms with Crippen LogP contribution in [-0.4, -0.2) is 22.0 Å². The van der Waals surface area contributed by atoms with E-state index in [-0.39, 0.29) is 28.6 Å². The fraction of sp³-hybridized carbons (Fsp3) is 0.444. The van der Waals surface area contributed by atoms with Gasteiger partial charge in [-0.25, -0.2) is 4.79 Å². The summed E-state index contributed by atoms with van der Waals surface area (Å²) in [6.45, 7) is 3.86. The minimum atomic E-state index is -1.07. The lowest BCUT2D eigenvalue weighted by atomic mass is 9.65. The molecular weight excluding hydrogens is 296 g/mol. The Kier molecular flexibility index (Phi) is 2.72. The molecule has 0 radical (unpaired) electrons. The highest BCUT2D eigenvalue weighted by atomic mass is 16.4. The van der Waals surface area contributed by atoms with Crippen LogP contribution in [0.3, 0.4) is 0 Å². The van der Waals surface area contributed by atoms with Crippen LogP contribution in [0.2, 0.25) is 0 Å². The second-order valence-electron chi connectivity index (χ2n) is 6.96. The van der Waals surface area contributed by atoms with Gasteiger partial charge in [-0.2, -0.15) is 0 Å². The molecule has 0 spiro atoms. The third kappa shape index (κ3) is 1.62. The van der Waals surface area contributed by atoms with Gasteiger partial charge < -0.3 is 14.6 Å². The Hall–Kier alpha value is -2.30. The molecule has 23 heavy (non-hydrogen) atoms. The third-order valence-electron chi connectivity index (χ3n) is 5.95. The van der Waals surface area contributed by atoms with Crippen LogP contribution in [0, 0.1) is 12.3 Å². The van der Waals surface area contributed by atoms with Gasteiger partial charge in [0.05, 0.1) is 0 Å². The predicted molar refractivity (Wildman–Crippen MR) is 83.0 cm³/mol. The molecule has 4 rings (SSSR count). The number of fused-ring (bicyclic) bond motifs is 4. The maximum atomic E-state index is 12.3. The molecule has 2 N–H and O–H groups in total. The first-order valence-electron chi connectivity index (χ1n) is 7.88. The zero-order valence-corrected chi connectivity index (χ0v) is 13.1. The number of aryl methyl sites for hydroxylation is 1. The van der Waals surface area contributed by atoms with Crippen LogP contribution in [-0.2, 0) is 11.2 Å². The fourth-order valence-corrected chi connectivity index (χ4v) is 4.61. The zero-order valence-electron chi connectivity index (χ0n) is 13.1. The Morgan fingerprint density at radius 2 is 2.13 bits per heavy atom. The van der Waals surface area contributed by atoms with E-state index >= 15 is 0 Å². The van der Waals surface area contributed by atoms with E-state index in [0.717, 1.165) is 29.5 Å². The molecule has 1 aromatic carbocycles. The lowest BCUT2D eigenvalue weighted by Crippen LogP contribution is -2.32. The third-order valence-corrected chi connectivity index (χ3v) is 5.95. The molecule has 120 valence electrons. The Morgan fingerprint density at radius 1 is 1.39 bits per heavy atom. The number of Topliss-reactive ketones (excluding diaryl/α,β-unsaturated/α-hetero) is 1. The standard InChI is InChI=1S/C18H18O5/c1-8-9-5-6-18(2)11(3-4-12(18)19)14(9)15(20)16-13(8)10(7-23-16)17(21)22/h7,11,20H,3-6H2,1-2H3,(H,21,22)/t11-,18?/m0/s1. The van der Waals surface area contributed by atoms with Crippen LogP contribution in [0.5, 0.6) is 5.75 Å². The van der Waals surface area contributed by atoms with Crippen molar-refractivity contribution in [3.63, 3.8) is 0 Å². The van der Waals surface area contributed by atoms with E-state index in [2.05, 4.69) is 0 Å². The van der Waals surface area contributed by atoms with Gasteiger partial charge >= 0.3 is 5.97 Å². The lowest BCUT2D eigenvalue weighted by Gasteiger charge is -2.37. The summed E-state index contributed by atoms with van der Waals surface area (Å²) in [6, 6.07) is 0. The van der Waals surface area contributed by atoms with Crippen LogP contribution in [0.15, 0.2) is 10.7 Å². The minimum absolute atomic E-state index is 0.0127. The number of ketones is 1. The first-order valence-corrected chi connectivity index (χ1v) is 7.88. The van der Waals surface area contributed by atoms with Crippen molar-refractivity contribution in [1.82, 2.24) is 0 Å². The second-order valence-corrected chi connectivity index (χ2v) is 6.96. The summed E-state index contributed by atoms with van der Waals surface area (Å²) >= 11 is 0. The van der Waals surface area contributed by atoms with E-state index in [0.29, 0.717) is 18.2 Å². The van der Waals surface area contributed by atoms with E-state index in [1.165, 1.54) is 6.26 Å². The van der Waals surface area contributed by atoms with Gasteiger partial charge in [0.15, 0.2) is 11.3 Å². The highest BCUT2D eigenvalue weighted by Crippen LogP contribution is 2.57. The van der Waals surface area contributed by atoms with Crippen LogP contribution in [0.25, 0.3) is 11.0 Å². The number of carboxylic acid groups (broad SMARTS) is 1. The number of benzene rings is 1. The number of aromatic hydroxyl groups is 1. The van der Waals surface area contributed by atoms with Gasteiger partial charge in [-0.15, -0.1) is 0 Å². The maximum Gasteiger partial charge on any atom is 0.339 e. The molecule has 1 unspecified atom stereocenters. The van der Waals surface area contributed by atoms with Crippen LogP contribution in [0.4, 0.5) is 0 Å². The van der Waals surface area contributed by atoms with Crippen molar-refractivity contribution in [3.8, 4) is 5.75 Å². The fourth-order valence-electron chi connectivity index (χ4n) is 4.61. The molecule has 2 aromatic rings. The SMILES string of the molecule is Cc1c2c(c(O)c3occ(C(=O)O)c13)[C@@H]1CCC(=O)C1(C)CC2. The summed E-state index contributed by atoms with van der Waals surface area (Å²) < 4.78 is 5.38. The number of rotatable bonds is 1. The van der Waals surface area contributed by atoms with Gasteiger partial charge in [-0.1, -0.05) is 6.92 Å². The van der Waals surface area contributed by atoms with Crippen molar-refractivity contribution in [1.29, 1.82) is 0 Å². The second kappa shape index (κ2) is 4.37. The summed E-state index contributed by atoms with van der Waals surface area (Å²) in [5.74, 6) is -0.808. The highest BCUT2D eigenvalue weighted by Gasteiger charge is 2.50. The first kappa shape index (κ1) is 14.3. The van der Waals surface area contributed by atoms with Crippen molar-refractivity contribution < 1.29 is 24.2 Å². The number of aromatic carboxylic acids is 1. The van der Waals surface area contributed by atoms with Crippen molar-refractivity contribution in [2.24, 2.45) is 5.41 Å². The number of furan rings is 1. The molecule has 2 aliphatic carbocycles. The molecular formula is C18H18O5. The van der Waals surface area contributed by atoms with Crippen molar-refractivity contribution >= 4 is 22.7 Å². The molecule has 1 aromatic heterocycles. The molecule has 0 saturated heterocycles. The van der Waals surface area contributed by atoms with E-state index in [4.69, 9.17) is 4.42 Å². The molecule has 1 saturated carbocycles. The Balaban J connectivity index is 2.05. The molecule has 0 bridgehead atoms. The summed E-state index contributed by atoms with van der Waals surface area (Å²) in [4.78, 5) is 23.7. The van der Waals surface area contributed by atoms with E-state index in [9.17, 15) is 19.8 Å². The summed E-state index contributed by atoms with van der Waals surface area (Å²) in [5.41, 5.74) is 2.50. The van der Waals surface area contributed by atoms with Gasteiger partial charge in [0.25, 0.3) is 0 Å². The molecule has 1 fully saturated rings. The smallest absolute Gasteiger partial charge is 0.339 e. The van der Waals surface area contributed by atoms with Gasteiger partial charge in [0.1, 0.15) is 17.6 Å². The van der Waals surface area contributed by atoms with Gasteiger partial charge in [-0.3, -0.25) is 4.79 Å². The van der Waals surface area contributed by atoms with Crippen LogP contribution >= 0.6 is 0 Å². The van der Waals surface area contributed by atoms with E-state index in [1.54, 1.807) is 0 Å². The van der Waals surface area contributed by atoms with Crippen molar-refractivity contribution in [2.75, 3.05) is 0 Å². The Bertz CT molecular complexity index is 875. The molecule has 2 atom stereocenters. The number of carbonyl (C=O) groups excluding carboxylic acids is 1. The zero-order chi connectivity index (χ0) is 16.5. The summed E-state index contributed by atoms with van der Waals surface area (Å²) in [6.07, 6.45) is 3.87. The molecule has 5 heteroatoms. The normalized spacial score (nSPS) is 26.3. The molecule has 2 aliphatic rings. The van der Waals surface area contributed by atoms with E-state index in [1.807, 2.05) is 13.8 Å². The Morgan fingerprint density at radius 3 is 2.83 bits per heavy atom. The number of carbonyl (C=O) groups is 2. The predicted octanol–water partition coefficient (Wildman–Crippen LogP) is 3.54. The highest BCUT2D eigenvalue weighted by molar-refractivity contribution is 6.06. The monoisotopic (exact) mass is 314 g/mol. The molecule has 0 aliphatic heterocycles. The lowest BCUT2D eigenvalue weighted by molar-refractivity contribution is -0.126. The topological polar surface area (TPSA) is 87.7 Å². The molecule has 1 heterocycles. The first-order chi connectivity index (χ1) is 10.9. The number of hydrogen-bond acceptors (Lipinski definition) is 4. The number of hydrogen-bond donors (Lipinski definition) is 2. The largest absolute Gasteiger partial charge is 0.504 e. The average Bonchev–Trinajstić information content (AvgIpc) is 3.07.